The number of aryl methyl sites for hydroxylation is 1. The average Bonchev–Trinajstić information content (AvgIpc) is 2.43. The number of rotatable bonds is 4. The molecule has 2 aromatic rings. The van der Waals surface area contributed by atoms with Crippen molar-refractivity contribution in [3.05, 3.63) is 74.2 Å². The predicted molar refractivity (Wildman–Crippen MR) is 95.7 cm³/mol. The quantitative estimate of drug-likeness (QED) is 0.741. The SMILES string of the molecule is Cc1cc(Cl)cc(C(C)/C=C/c2ccc(CN)c(Br)c2)c1. The number of hydrogen-bond acceptors (Lipinski definition) is 1. The third-order valence-corrected chi connectivity index (χ3v) is 4.42. The molecule has 0 heterocycles. The molecule has 0 aliphatic heterocycles. The highest BCUT2D eigenvalue weighted by atomic mass is 79.9. The Morgan fingerprint density at radius 2 is 2.00 bits per heavy atom. The molecular formula is C18H19BrClN. The summed E-state index contributed by atoms with van der Waals surface area (Å²) in [6, 6.07) is 12.4. The lowest BCUT2D eigenvalue weighted by atomic mass is 9.98. The second kappa shape index (κ2) is 7.26. The minimum absolute atomic E-state index is 0.315. The van der Waals surface area contributed by atoms with Crippen LogP contribution in [0.1, 0.15) is 35.1 Å². The van der Waals surface area contributed by atoms with Gasteiger partial charge in [-0.2, -0.15) is 0 Å². The zero-order valence-corrected chi connectivity index (χ0v) is 14.6. The van der Waals surface area contributed by atoms with Gasteiger partial charge in [0, 0.05) is 16.0 Å². The van der Waals surface area contributed by atoms with Crippen molar-refractivity contribution in [2.45, 2.75) is 26.3 Å². The number of hydrogen-bond donors (Lipinski definition) is 1. The van der Waals surface area contributed by atoms with Gasteiger partial charge in [0.25, 0.3) is 0 Å². The Morgan fingerprint density at radius 3 is 2.62 bits per heavy atom. The molecule has 2 rings (SSSR count). The van der Waals surface area contributed by atoms with Crippen LogP contribution in [0.3, 0.4) is 0 Å². The van der Waals surface area contributed by atoms with E-state index in [2.05, 4.69) is 66.2 Å². The molecule has 1 unspecified atom stereocenters. The highest BCUT2D eigenvalue weighted by molar-refractivity contribution is 9.10. The molecule has 0 bridgehead atoms. The Morgan fingerprint density at radius 1 is 1.24 bits per heavy atom. The maximum Gasteiger partial charge on any atom is 0.0411 e. The minimum Gasteiger partial charge on any atom is -0.326 e. The van der Waals surface area contributed by atoms with Gasteiger partial charge in [-0.1, -0.05) is 64.8 Å². The molecule has 110 valence electrons. The van der Waals surface area contributed by atoms with Gasteiger partial charge in [-0.25, -0.2) is 0 Å². The lowest BCUT2D eigenvalue weighted by Gasteiger charge is -2.09. The largest absolute Gasteiger partial charge is 0.326 e. The molecule has 0 saturated heterocycles. The van der Waals surface area contributed by atoms with Gasteiger partial charge in [0.15, 0.2) is 0 Å². The fourth-order valence-corrected chi connectivity index (χ4v) is 3.08. The van der Waals surface area contributed by atoms with E-state index in [0.717, 1.165) is 20.6 Å². The second-order valence-corrected chi connectivity index (χ2v) is 6.56. The molecule has 3 heteroatoms. The van der Waals surface area contributed by atoms with E-state index in [9.17, 15) is 0 Å². The summed E-state index contributed by atoms with van der Waals surface area (Å²) < 4.78 is 1.05. The van der Waals surface area contributed by atoms with Crippen molar-refractivity contribution >= 4 is 33.6 Å². The molecule has 1 atom stereocenters. The van der Waals surface area contributed by atoms with Gasteiger partial charge in [-0.05, 0) is 53.3 Å². The Kier molecular flexibility index (Phi) is 5.63. The van der Waals surface area contributed by atoms with Crippen LogP contribution < -0.4 is 5.73 Å². The van der Waals surface area contributed by atoms with E-state index in [-0.39, 0.29) is 0 Å². The molecule has 0 radical (unpaired) electrons. The summed E-state index contributed by atoms with van der Waals surface area (Å²) in [5.41, 5.74) is 10.4. The monoisotopic (exact) mass is 363 g/mol. The Balaban J connectivity index is 2.18. The molecule has 0 amide bonds. The summed E-state index contributed by atoms with van der Waals surface area (Å²) in [6.07, 6.45) is 4.32. The highest BCUT2D eigenvalue weighted by Gasteiger charge is 2.04. The lowest BCUT2D eigenvalue weighted by molar-refractivity contribution is 0.969. The van der Waals surface area contributed by atoms with Crippen LogP contribution in [0.5, 0.6) is 0 Å². The zero-order chi connectivity index (χ0) is 15.4. The molecule has 2 aromatic carbocycles. The maximum absolute atomic E-state index is 6.12. The van der Waals surface area contributed by atoms with Crippen molar-refractivity contribution in [2.75, 3.05) is 0 Å². The van der Waals surface area contributed by atoms with Crippen molar-refractivity contribution in [1.29, 1.82) is 0 Å². The maximum atomic E-state index is 6.12. The first-order valence-corrected chi connectivity index (χ1v) is 8.10. The molecule has 0 fully saturated rings. The van der Waals surface area contributed by atoms with Crippen LogP contribution in [0.4, 0.5) is 0 Å². The number of allylic oxidation sites excluding steroid dienone is 1. The molecule has 1 nitrogen and oxygen atoms in total. The van der Waals surface area contributed by atoms with E-state index < -0.39 is 0 Å². The average molecular weight is 365 g/mol. The Hall–Kier alpha value is -1.09. The first kappa shape index (κ1) is 16.3. The van der Waals surface area contributed by atoms with Crippen LogP contribution in [-0.2, 0) is 6.54 Å². The van der Waals surface area contributed by atoms with Crippen LogP contribution in [0.25, 0.3) is 6.08 Å². The first-order valence-electron chi connectivity index (χ1n) is 6.93. The molecule has 0 aliphatic carbocycles. The van der Waals surface area contributed by atoms with Gasteiger partial charge in [0.2, 0.25) is 0 Å². The number of halogens is 2. The van der Waals surface area contributed by atoms with E-state index in [1.54, 1.807) is 0 Å². The van der Waals surface area contributed by atoms with Crippen molar-refractivity contribution in [3.63, 3.8) is 0 Å². The molecule has 0 aromatic heterocycles. The van der Waals surface area contributed by atoms with E-state index in [1.807, 2.05) is 12.1 Å². The fraction of sp³-hybridized carbons (Fsp3) is 0.222. The van der Waals surface area contributed by atoms with E-state index in [1.165, 1.54) is 11.1 Å². The third kappa shape index (κ3) is 4.44. The fourth-order valence-electron chi connectivity index (χ4n) is 2.23. The van der Waals surface area contributed by atoms with Gasteiger partial charge in [0.1, 0.15) is 0 Å². The molecular weight excluding hydrogens is 346 g/mol. The van der Waals surface area contributed by atoms with Crippen LogP contribution >= 0.6 is 27.5 Å². The molecule has 0 aliphatic rings. The predicted octanol–water partition coefficient (Wildman–Crippen LogP) is 5.69. The standard InChI is InChI=1S/C18H19BrClN/c1-12-7-16(10-17(20)8-12)13(2)3-4-14-5-6-15(11-21)18(19)9-14/h3-10,13H,11,21H2,1-2H3/b4-3+. The first-order chi connectivity index (χ1) is 9.99. The molecule has 0 saturated carbocycles. The van der Waals surface area contributed by atoms with Gasteiger partial charge in [-0.15, -0.1) is 0 Å². The summed E-state index contributed by atoms with van der Waals surface area (Å²) in [6.45, 7) is 4.78. The summed E-state index contributed by atoms with van der Waals surface area (Å²) in [5.74, 6) is 0.315. The number of nitrogens with two attached hydrogens (primary N) is 1. The minimum atomic E-state index is 0.315. The van der Waals surface area contributed by atoms with Crippen molar-refractivity contribution in [3.8, 4) is 0 Å². The summed E-state index contributed by atoms with van der Waals surface area (Å²) in [7, 11) is 0. The topological polar surface area (TPSA) is 26.0 Å². The third-order valence-electron chi connectivity index (χ3n) is 3.46. The lowest BCUT2D eigenvalue weighted by Crippen LogP contribution is -1.97. The van der Waals surface area contributed by atoms with E-state index in [0.29, 0.717) is 12.5 Å². The van der Waals surface area contributed by atoms with E-state index >= 15 is 0 Å². The van der Waals surface area contributed by atoms with Crippen molar-refractivity contribution in [1.82, 2.24) is 0 Å². The summed E-state index contributed by atoms with van der Waals surface area (Å²) in [4.78, 5) is 0. The van der Waals surface area contributed by atoms with Gasteiger partial charge < -0.3 is 5.73 Å². The van der Waals surface area contributed by atoms with Gasteiger partial charge >= 0.3 is 0 Å². The van der Waals surface area contributed by atoms with Crippen LogP contribution in [0.2, 0.25) is 5.02 Å². The molecule has 2 N–H and O–H groups in total. The van der Waals surface area contributed by atoms with Gasteiger partial charge in [-0.3, -0.25) is 0 Å². The summed E-state index contributed by atoms with van der Waals surface area (Å²) in [5, 5.41) is 0.792. The molecule has 0 spiro atoms. The van der Waals surface area contributed by atoms with Crippen molar-refractivity contribution in [2.24, 2.45) is 5.73 Å². The second-order valence-electron chi connectivity index (χ2n) is 5.26. The van der Waals surface area contributed by atoms with Crippen molar-refractivity contribution < 1.29 is 0 Å². The zero-order valence-electron chi connectivity index (χ0n) is 12.2. The van der Waals surface area contributed by atoms with Crippen LogP contribution in [0.15, 0.2) is 46.9 Å². The Labute approximate surface area is 139 Å². The Bertz CT molecular complexity index is 644. The smallest absolute Gasteiger partial charge is 0.0411 e. The van der Waals surface area contributed by atoms with Crippen LogP contribution in [0, 0.1) is 6.92 Å². The van der Waals surface area contributed by atoms with Crippen LogP contribution in [-0.4, -0.2) is 0 Å². The molecule has 21 heavy (non-hydrogen) atoms. The summed E-state index contributed by atoms with van der Waals surface area (Å²) >= 11 is 9.67. The van der Waals surface area contributed by atoms with Gasteiger partial charge in [0.05, 0.1) is 0 Å². The normalized spacial score (nSPS) is 12.8. The number of benzene rings is 2. The highest BCUT2D eigenvalue weighted by Crippen LogP contribution is 2.24. The van der Waals surface area contributed by atoms with E-state index in [4.69, 9.17) is 17.3 Å².